The summed E-state index contributed by atoms with van der Waals surface area (Å²) in [6.45, 7) is 3.85. The number of carboxylic acid groups (broad SMARTS) is 1. The molecule has 0 aliphatic heterocycles. The first-order chi connectivity index (χ1) is 9.99. The third-order valence-electron chi connectivity index (χ3n) is 3.34. The van der Waals surface area contributed by atoms with Crippen molar-refractivity contribution in [3.8, 4) is 0 Å². The van der Waals surface area contributed by atoms with Crippen LogP contribution in [-0.2, 0) is 11.2 Å². The van der Waals surface area contributed by atoms with Gasteiger partial charge in [0.2, 0.25) is 5.91 Å². The van der Waals surface area contributed by atoms with Crippen molar-refractivity contribution in [2.24, 2.45) is 0 Å². The van der Waals surface area contributed by atoms with Crippen LogP contribution >= 0.6 is 0 Å². The monoisotopic (exact) mass is 283 g/mol. The molecule has 0 radical (unpaired) electrons. The summed E-state index contributed by atoms with van der Waals surface area (Å²) in [5.41, 5.74) is 3.42. The van der Waals surface area contributed by atoms with E-state index in [4.69, 9.17) is 5.11 Å². The lowest BCUT2D eigenvalue weighted by Gasteiger charge is -2.12. The standard InChI is InChI=1S/C17H17NO3/c1-11-6-5-7-12(2)16(11)18-15(19)10-13-8-3-4-9-14(13)17(20)21/h3-9H,10H2,1-2H3,(H,18,19)(H,20,21). The van der Waals surface area contributed by atoms with Gasteiger partial charge in [0.05, 0.1) is 12.0 Å². The summed E-state index contributed by atoms with van der Waals surface area (Å²) < 4.78 is 0. The number of para-hydroxylation sites is 1. The van der Waals surface area contributed by atoms with Crippen LogP contribution in [0.3, 0.4) is 0 Å². The van der Waals surface area contributed by atoms with Crippen molar-refractivity contribution in [3.05, 3.63) is 64.7 Å². The van der Waals surface area contributed by atoms with E-state index in [1.54, 1.807) is 18.2 Å². The number of carbonyl (C=O) groups excluding carboxylic acids is 1. The second-order valence-electron chi connectivity index (χ2n) is 4.95. The number of anilines is 1. The number of aromatic carboxylic acids is 1. The Bertz CT molecular complexity index is 672. The minimum Gasteiger partial charge on any atom is -0.478 e. The lowest BCUT2D eigenvalue weighted by atomic mass is 10.0. The first-order valence-corrected chi connectivity index (χ1v) is 6.66. The molecule has 0 saturated heterocycles. The zero-order chi connectivity index (χ0) is 15.4. The summed E-state index contributed by atoms with van der Waals surface area (Å²) in [7, 11) is 0. The van der Waals surface area contributed by atoms with Gasteiger partial charge in [-0.1, -0.05) is 36.4 Å². The van der Waals surface area contributed by atoms with E-state index in [9.17, 15) is 9.59 Å². The maximum Gasteiger partial charge on any atom is 0.335 e. The van der Waals surface area contributed by atoms with Gasteiger partial charge >= 0.3 is 5.97 Å². The van der Waals surface area contributed by atoms with E-state index in [2.05, 4.69) is 5.32 Å². The van der Waals surface area contributed by atoms with Gasteiger partial charge in [0.1, 0.15) is 0 Å². The minimum absolute atomic E-state index is 0.0379. The van der Waals surface area contributed by atoms with Crippen molar-refractivity contribution in [1.82, 2.24) is 0 Å². The van der Waals surface area contributed by atoms with Gasteiger partial charge in [0, 0.05) is 5.69 Å². The van der Waals surface area contributed by atoms with Crippen LogP contribution in [-0.4, -0.2) is 17.0 Å². The highest BCUT2D eigenvalue weighted by molar-refractivity contribution is 5.96. The largest absolute Gasteiger partial charge is 0.478 e. The second-order valence-corrected chi connectivity index (χ2v) is 4.95. The van der Waals surface area contributed by atoms with E-state index in [0.29, 0.717) is 5.56 Å². The number of carboxylic acids is 1. The van der Waals surface area contributed by atoms with E-state index < -0.39 is 5.97 Å². The number of hydrogen-bond acceptors (Lipinski definition) is 2. The van der Waals surface area contributed by atoms with Crippen molar-refractivity contribution in [2.45, 2.75) is 20.3 Å². The molecule has 2 N–H and O–H groups in total. The number of rotatable bonds is 4. The van der Waals surface area contributed by atoms with Crippen molar-refractivity contribution in [1.29, 1.82) is 0 Å². The third kappa shape index (κ3) is 3.48. The van der Waals surface area contributed by atoms with Gasteiger partial charge in [-0.2, -0.15) is 0 Å². The number of benzene rings is 2. The van der Waals surface area contributed by atoms with E-state index in [1.165, 1.54) is 6.07 Å². The van der Waals surface area contributed by atoms with Crippen LogP contribution in [0, 0.1) is 13.8 Å². The fourth-order valence-corrected chi connectivity index (χ4v) is 2.25. The van der Waals surface area contributed by atoms with Gasteiger partial charge in [-0.15, -0.1) is 0 Å². The maximum absolute atomic E-state index is 12.2. The summed E-state index contributed by atoms with van der Waals surface area (Å²) in [5, 5.41) is 12.0. The Morgan fingerprint density at radius 2 is 1.62 bits per heavy atom. The first kappa shape index (κ1) is 14.8. The molecule has 0 unspecified atom stereocenters. The molecule has 0 aliphatic rings. The van der Waals surface area contributed by atoms with E-state index in [-0.39, 0.29) is 17.9 Å². The van der Waals surface area contributed by atoms with Crippen molar-refractivity contribution >= 4 is 17.6 Å². The minimum atomic E-state index is -1.02. The van der Waals surface area contributed by atoms with E-state index in [0.717, 1.165) is 16.8 Å². The molecular weight excluding hydrogens is 266 g/mol. The second kappa shape index (κ2) is 6.22. The van der Waals surface area contributed by atoms with Gasteiger partial charge in [0.15, 0.2) is 0 Å². The van der Waals surface area contributed by atoms with Gasteiger partial charge in [0.25, 0.3) is 0 Å². The molecule has 0 aliphatic carbocycles. The molecule has 0 bridgehead atoms. The van der Waals surface area contributed by atoms with E-state index in [1.807, 2.05) is 32.0 Å². The predicted molar refractivity (Wildman–Crippen MR) is 81.7 cm³/mol. The average molecular weight is 283 g/mol. The van der Waals surface area contributed by atoms with Crippen LogP contribution in [0.15, 0.2) is 42.5 Å². The molecule has 0 saturated carbocycles. The molecule has 4 heteroatoms. The van der Waals surface area contributed by atoms with Crippen molar-refractivity contribution < 1.29 is 14.7 Å². The summed E-state index contributed by atoms with van der Waals surface area (Å²) in [6.07, 6.45) is 0.0379. The molecular formula is C17H17NO3. The molecule has 2 rings (SSSR count). The molecule has 2 aromatic rings. The zero-order valence-electron chi connectivity index (χ0n) is 12.0. The number of aryl methyl sites for hydroxylation is 2. The molecule has 108 valence electrons. The molecule has 0 atom stereocenters. The first-order valence-electron chi connectivity index (χ1n) is 6.66. The quantitative estimate of drug-likeness (QED) is 0.905. The highest BCUT2D eigenvalue weighted by Gasteiger charge is 2.13. The van der Waals surface area contributed by atoms with Crippen molar-refractivity contribution in [3.63, 3.8) is 0 Å². The summed E-state index contributed by atoms with van der Waals surface area (Å²) in [6, 6.07) is 12.3. The predicted octanol–water partition coefficient (Wildman–Crippen LogP) is 3.18. The van der Waals surface area contributed by atoms with Crippen LogP contribution in [0.25, 0.3) is 0 Å². The van der Waals surface area contributed by atoms with Gasteiger partial charge in [-0.25, -0.2) is 4.79 Å². The van der Waals surface area contributed by atoms with Gasteiger partial charge in [-0.3, -0.25) is 4.79 Å². The Morgan fingerprint density at radius 1 is 1.00 bits per heavy atom. The van der Waals surface area contributed by atoms with Crippen LogP contribution < -0.4 is 5.32 Å². The Balaban J connectivity index is 2.18. The number of hydrogen-bond donors (Lipinski definition) is 2. The lowest BCUT2D eigenvalue weighted by Crippen LogP contribution is -2.17. The summed E-state index contributed by atoms with van der Waals surface area (Å²) in [5.74, 6) is -1.24. The van der Waals surface area contributed by atoms with Crippen LogP contribution in [0.2, 0.25) is 0 Å². The normalized spacial score (nSPS) is 10.2. The summed E-state index contributed by atoms with van der Waals surface area (Å²) in [4.78, 5) is 23.3. The smallest absolute Gasteiger partial charge is 0.335 e. The Labute approximate surface area is 123 Å². The third-order valence-corrected chi connectivity index (χ3v) is 3.34. The van der Waals surface area contributed by atoms with Crippen LogP contribution in [0.4, 0.5) is 5.69 Å². The number of nitrogens with one attached hydrogen (secondary N) is 1. The zero-order valence-corrected chi connectivity index (χ0v) is 12.0. The molecule has 1 amide bonds. The molecule has 0 fully saturated rings. The van der Waals surface area contributed by atoms with Crippen LogP contribution in [0.5, 0.6) is 0 Å². The number of carbonyl (C=O) groups is 2. The average Bonchev–Trinajstić information content (AvgIpc) is 2.43. The molecule has 4 nitrogen and oxygen atoms in total. The lowest BCUT2D eigenvalue weighted by molar-refractivity contribution is -0.115. The Kier molecular flexibility index (Phi) is 4.38. The highest BCUT2D eigenvalue weighted by Crippen LogP contribution is 2.20. The Morgan fingerprint density at radius 3 is 2.24 bits per heavy atom. The highest BCUT2D eigenvalue weighted by atomic mass is 16.4. The SMILES string of the molecule is Cc1cccc(C)c1NC(=O)Cc1ccccc1C(=O)O. The summed E-state index contributed by atoms with van der Waals surface area (Å²) >= 11 is 0. The molecule has 0 spiro atoms. The molecule has 0 aromatic heterocycles. The topological polar surface area (TPSA) is 66.4 Å². The molecule has 2 aromatic carbocycles. The fraction of sp³-hybridized carbons (Fsp3) is 0.176. The van der Waals surface area contributed by atoms with Crippen LogP contribution in [0.1, 0.15) is 27.0 Å². The Hall–Kier alpha value is -2.62. The van der Waals surface area contributed by atoms with Crippen molar-refractivity contribution in [2.75, 3.05) is 5.32 Å². The molecule has 21 heavy (non-hydrogen) atoms. The van der Waals surface area contributed by atoms with Gasteiger partial charge in [-0.05, 0) is 36.6 Å². The molecule has 0 heterocycles. The number of amides is 1. The van der Waals surface area contributed by atoms with Gasteiger partial charge < -0.3 is 10.4 Å². The van der Waals surface area contributed by atoms with E-state index >= 15 is 0 Å². The fourth-order valence-electron chi connectivity index (χ4n) is 2.25. The maximum atomic E-state index is 12.2.